The average molecular weight is 357 g/mol. The second kappa shape index (κ2) is 6.63. The Kier molecular flexibility index (Phi) is 5.18. The highest BCUT2D eigenvalue weighted by molar-refractivity contribution is 7.84. The molecule has 0 radical (unpaired) electrons. The van der Waals surface area contributed by atoms with Gasteiger partial charge in [-0.05, 0) is 39.8 Å². The van der Waals surface area contributed by atoms with Crippen molar-refractivity contribution < 1.29 is 8.95 Å². The molecule has 0 saturated carbocycles. The highest BCUT2D eigenvalue weighted by Crippen LogP contribution is 2.29. The minimum absolute atomic E-state index is 0.229. The van der Waals surface area contributed by atoms with Crippen molar-refractivity contribution in [2.24, 2.45) is 0 Å². The molecule has 1 aromatic heterocycles. The van der Waals surface area contributed by atoms with Crippen LogP contribution in [0.25, 0.3) is 10.9 Å². The predicted octanol–water partition coefficient (Wildman–Crippen LogP) is 3.30. The molecule has 0 aliphatic carbocycles. The van der Waals surface area contributed by atoms with Crippen LogP contribution in [0.3, 0.4) is 0 Å². The molecule has 0 spiro atoms. The zero-order chi connectivity index (χ0) is 17.4. The summed E-state index contributed by atoms with van der Waals surface area (Å²) in [5, 5.41) is 1.26. The number of aromatic nitrogens is 1. The van der Waals surface area contributed by atoms with Gasteiger partial charge in [0.05, 0.1) is 33.4 Å². The number of methoxy groups -OCH3 is 1. The van der Waals surface area contributed by atoms with Gasteiger partial charge in [-0.2, -0.15) is 0 Å². The van der Waals surface area contributed by atoms with Gasteiger partial charge in [-0.25, -0.2) is 8.93 Å². The Morgan fingerprint density at radius 3 is 2.52 bits per heavy atom. The minimum atomic E-state index is -1.27. The molecule has 7 heteroatoms. The quantitative estimate of drug-likeness (QED) is 0.882. The van der Waals surface area contributed by atoms with E-state index in [2.05, 4.69) is 9.71 Å². The first kappa shape index (κ1) is 18.0. The third-order valence-corrected chi connectivity index (χ3v) is 5.43. The Morgan fingerprint density at radius 2 is 1.96 bits per heavy atom. The molecule has 1 heterocycles. The number of benzene rings is 1. The highest BCUT2D eigenvalue weighted by Gasteiger charge is 2.23. The first-order chi connectivity index (χ1) is 10.6. The number of hydrogen-bond donors (Lipinski definition) is 2. The SMILES string of the molecule is COc1cc2[nH]c(=O)c(C(C)N[S@](=O)C(C)(C)C)cc2cc1Cl. The van der Waals surface area contributed by atoms with Gasteiger partial charge >= 0.3 is 0 Å². The molecule has 0 amide bonds. The molecule has 0 aliphatic heterocycles. The second-order valence-electron chi connectivity index (χ2n) is 6.35. The van der Waals surface area contributed by atoms with E-state index >= 15 is 0 Å². The van der Waals surface area contributed by atoms with E-state index in [-0.39, 0.29) is 11.6 Å². The summed E-state index contributed by atoms with van der Waals surface area (Å²) in [5.74, 6) is 0.502. The van der Waals surface area contributed by atoms with Gasteiger partial charge < -0.3 is 9.72 Å². The van der Waals surface area contributed by atoms with Gasteiger partial charge in [0.25, 0.3) is 5.56 Å². The fourth-order valence-electron chi connectivity index (χ4n) is 2.10. The summed E-state index contributed by atoms with van der Waals surface area (Å²) in [6.07, 6.45) is 0. The molecule has 2 aromatic rings. The fourth-order valence-corrected chi connectivity index (χ4v) is 3.15. The van der Waals surface area contributed by atoms with Crippen molar-refractivity contribution in [1.82, 2.24) is 9.71 Å². The summed E-state index contributed by atoms with van der Waals surface area (Å²) in [6, 6.07) is 4.83. The Morgan fingerprint density at radius 1 is 1.30 bits per heavy atom. The Bertz CT molecular complexity index is 811. The number of H-pyrrole nitrogens is 1. The number of rotatable bonds is 4. The number of hydrogen-bond acceptors (Lipinski definition) is 3. The third kappa shape index (κ3) is 3.94. The van der Waals surface area contributed by atoms with Crippen LogP contribution in [0.5, 0.6) is 5.75 Å². The van der Waals surface area contributed by atoms with E-state index in [1.807, 2.05) is 27.7 Å². The van der Waals surface area contributed by atoms with Crippen molar-refractivity contribution in [3.05, 3.63) is 39.1 Å². The lowest BCUT2D eigenvalue weighted by Crippen LogP contribution is -2.36. The van der Waals surface area contributed by atoms with Crippen LogP contribution >= 0.6 is 11.6 Å². The first-order valence-corrected chi connectivity index (χ1v) is 8.74. The number of nitrogens with one attached hydrogen (secondary N) is 2. The summed E-state index contributed by atoms with van der Waals surface area (Å²) in [7, 11) is 0.253. The Labute approximate surface area is 143 Å². The Hall–Kier alpha value is -1.37. The topological polar surface area (TPSA) is 71.2 Å². The molecule has 0 saturated heterocycles. The third-order valence-electron chi connectivity index (χ3n) is 3.45. The van der Waals surface area contributed by atoms with Gasteiger partial charge in [0.15, 0.2) is 0 Å². The summed E-state index contributed by atoms with van der Waals surface area (Å²) in [5.41, 5.74) is 0.924. The molecule has 0 aliphatic rings. The van der Waals surface area contributed by atoms with Crippen LogP contribution in [0.4, 0.5) is 0 Å². The Balaban J connectivity index is 2.44. The molecule has 2 N–H and O–H groups in total. The fraction of sp³-hybridized carbons (Fsp3) is 0.438. The molecule has 2 atom stereocenters. The van der Waals surface area contributed by atoms with Crippen LogP contribution in [-0.4, -0.2) is 21.0 Å². The standard InChI is InChI=1S/C16H21ClN2O3S/c1-9(19-23(21)16(2,3)4)11-6-10-7-12(17)14(22-5)8-13(10)18-15(11)20/h6-9,19H,1-5H3,(H,18,20)/t9?,23-/m1/s1. The largest absolute Gasteiger partial charge is 0.495 e. The maximum atomic E-state index is 12.3. The summed E-state index contributed by atoms with van der Waals surface area (Å²) in [6.45, 7) is 7.43. The van der Waals surface area contributed by atoms with Crippen molar-refractivity contribution in [1.29, 1.82) is 0 Å². The molecule has 1 aromatic carbocycles. The molecule has 5 nitrogen and oxygen atoms in total. The van der Waals surface area contributed by atoms with Gasteiger partial charge in [-0.1, -0.05) is 11.6 Å². The van der Waals surface area contributed by atoms with E-state index in [9.17, 15) is 9.00 Å². The van der Waals surface area contributed by atoms with E-state index in [4.69, 9.17) is 16.3 Å². The van der Waals surface area contributed by atoms with E-state index in [1.54, 1.807) is 18.2 Å². The van der Waals surface area contributed by atoms with E-state index in [0.717, 1.165) is 5.39 Å². The summed E-state index contributed by atoms with van der Waals surface area (Å²) in [4.78, 5) is 15.1. The van der Waals surface area contributed by atoms with Crippen molar-refractivity contribution in [2.45, 2.75) is 38.5 Å². The van der Waals surface area contributed by atoms with Crippen LogP contribution in [0.1, 0.15) is 39.3 Å². The van der Waals surface area contributed by atoms with Gasteiger partial charge in [0, 0.05) is 23.1 Å². The van der Waals surface area contributed by atoms with Crippen LogP contribution in [0, 0.1) is 0 Å². The number of fused-ring (bicyclic) bond motifs is 1. The van der Waals surface area contributed by atoms with E-state index in [0.29, 0.717) is 21.9 Å². The lowest BCUT2D eigenvalue weighted by atomic mass is 10.1. The highest BCUT2D eigenvalue weighted by atomic mass is 35.5. The molecule has 0 bridgehead atoms. The summed E-state index contributed by atoms with van der Waals surface area (Å²) < 4.78 is 19.9. The molecular formula is C16H21ClN2O3S. The average Bonchev–Trinajstić information content (AvgIpc) is 2.45. The van der Waals surface area contributed by atoms with Gasteiger partial charge in [0.1, 0.15) is 5.75 Å². The monoisotopic (exact) mass is 356 g/mol. The van der Waals surface area contributed by atoms with Crippen LogP contribution in [0.2, 0.25) is 5.02 Å². The number of halogens is 1. The molecule has 0 fully saturated rings. The summed E-state index contributed by atoms with van der Waals surface area (Å²) >= 11 is 6.14. The maximum absolute atomic E-state index is 12.3. The lowest BCUT2D eigenvalue weighted by molar-refractivity contribution is 0.415. The zero-order valence-electron chi connectivity index (χ0n) is 13.8. The van der Waals surface area contributed by atoms with Gasteiger partial charge in [-0.15, -0.1) is 0 Å². The van der Waals surface area contributed by atoms with Crippen molar-refractivity contribution in [2.75, 3.05) is 7.11 Å². The van der Waals surface area contributed by atoms with Gasteiger partial charge in [0.2, 0.25) is 0 Å². The van der Waals surface area contributed by atoms with Crippen LogP contribution in [0.15, 0.2) is 23.0 Å². The van der Waals surface area contributed by atoms with E-state index in [1.165, 1.54) is 7.11 Å². The van der Waals surface area contributed by atoms with Crippen LogP contribution in [-0.2, 0) is 11.0 Å². The minimum Gasteiger partial charge on any atom is -0.495 e. The molecule has 2 rings (SSSR count). The van der Waals surface area contributed by atoms with Crippen molar-refractivity contribution >= 4 is 33.5 Å². The van der Waals surface area contributed by atoms with Gasteiger partial charge in [-0.3, -0.25) is 4.79 Å². The normalized spacial score (nSPS) is 14.7. The number of pyridine rings is 1. The van der Waals surface area contributed by atoms with E-state index < -0.39 is 15.7 Å². The zero-order valence-corrected chi connectivity index (χ0v) is 15.4. The molecule has 1 unspecified atom stereocenters. The van der Waals surface area contributed by atoms with Crippen molar-refractivity contribution in [3.8, 4) is 5.75 Å². The molecule has 23 heavy (non-hydrogen) atoms. The molecule has 126 valence electrons. The maximum Gasteiger partial charge on any atom is 0.253 e. The number of ether oxygens (including phenoxy) is 1. The molecular weight excluding hydrogens is 336 g/mol. The number of aromatic amines is 1. The van der Waals surface area contributed by atoms with Crippen molar-refractivity contribution in [3.63, 3.8) is 0 Å². The smallest absolute Gasteiger partial charge is 0.253 e. The second-order valence-corrected chi connectivity index (χ2v) is 8.75. The van der Waals surface area contributed by atoms with Crippen LogP contribution < -0.4 is 15.0 Å². The lowest BCUT2D eigenvalue weighted by Gasteiger charge is -2.22. The first-order valence-electron chi connectivity index (χ1n) is 7.22. The predicted molar refractivity (Wildman–Crippen MR) is 95.6 cm³/mol.